The van der Waals surface area contributed by atoms with E-state index >= 15 is 0 Å². The number of aromatic hydroxyl groups is 1. The zero-order valence-corrected chi connectivity index (χ0v) is 25.1. The van der Waals surface area contributed by atoms with E-state index in [0.29, 0.717) is 5.75 Å². The number of phenols is 1. The maximum atomic E-state index is 11.5. The number of hydrogen-bond acceptors (Lipinski definition) is 2. The van der Waals surface area contributed by atoms with Gasteiger partial charge in [-0.1, -0.05) is 0 Å². The van der Waals surface area contributed by atoms with Crippen molar-refractivity contribution in [3.63, 3.8) is 0 Å². The van der Waals surface area contributed by atoms with E-state index < -0.39 is 13.2 Å². The molecule has 0 aromatic heterocycles. The summed E-state index contributed by atoms with van der Waals surface area (Å²) in [5.74, 6) is -0.361. The van der Waals surface area contributed by atoms with Crippen LogP contribution in [0.2, 0.25) is 0 Å². The predicted molar refractivity (Wildman–Crippen MR) is 162 cm³/mol. The predicted octanol–water partition coefficient (Wildman–Crippen LogP) is 9.48. The van der Waals surface area contributed by atoms with Gasteiger partial charge in [-0.25, -0.2) is 0 Å². The first-order valence-electron chi connectivity index (χ1n) is 15.5. The average Bonchev–Trinajstić information content (AvgIpc) is 2.86. The quantitative estimate of drug-likeness (QED) is 0.105. The molecule has 1 aromatic carbocycles. The van der Waals surface area contributed by atoms with E-state index in [2.05, 4.69) is 26.8 Å². The molecule has 0 saturated heterocycles. The first kappa shape index (κ1) is 32.9. The number of carboxylic acids is 1. The fourth-order valence-corrected chi connectivity index (χ4v) is 11.3. The molecule has 0 radical (unpaired) electrons. The molecular weight excluding hydrogens is 463 g/mol. The Labute approximate surface area is 224 Å². The summed E-state index contributed by atoms with van der Waals surface area (Å²) in [5.41, 5.74) is 0.848. The van der Waals surface area contributed by atoms with E-state index in [1.165, 1.54) is 134 Å². The van der Waals surface area contributed by atoms with E-state index in [4.69, 9.17) is 0 Å². The molecule has 36 heavy (non-hydrogen) atoms. The Kier molecular flexibility index (Phi) is 19.1. The van der Waals surface area contributed by atoms with Crippen LogP contribution in [0.25, 0.3) is 0 Å². The Morgan fingerprint density at radius 3 is 1.42 bits per heavy atom. The normalized spacial score (nSPS) is 12.2. The summed E-state index contributed by atoms with van der Waals surface area (Å²) in [6.45, 7) is 6.81. The van der Waals surface area contributed by atoms with Gasteiger partial charge < -0.3 is 0 Å². The topological polar surface area (TPSA) is 57.5 Å². The van der Waals surface area contributed by atoms with Gasteiger partial charge in [0.05, 0.1) is 0 Å². The van der Waals surface area contributed by atoms with Crippen LogP contribution in [0.3, 0.4) is 0 Å². The second-order valence-electron chi connectivity index (χ2n) is 11.3. The zero-order chi connectivity index (χ0) is 26.5. The van der Waals surface area contributed by atoms with Gasteiger partial charge in [0.25, 0.3) is 0 Å². The molecule has 0 atom stereocenters. The van der Waals surface area contributed by atoms with Crippen molar-refractivity contribution in [3.05, 3.63) is 23.8 Å². The van der Waals surface area contributed by atoms with Crippen molar-refractivity contribution in [1.29, 1.82) is 0 Å². The summed E-state index contributed by atoms with van der Waals surface area (Å²) in [5, 5.41) is 21.7. The van der Waals surface area contributed by atoms with Crippen molar-refractivity contribution < 1.29 is 15.0 Å². The molecule has 0 saturated carbocycles. The third-order valence-corrected chi connectivity index (χ3v) is 13.5. The Morgan fingerprint density at radius 1 is 0.639 bits per heavy atom. The van der Waals surface area contributed by atoms with Gasteiger partial charge in [0, 0.05) is 0 Å². The minimum atomic E-state index is -1.95. The standard InChI is InChI=1S/C32H59O3P/c1-4-7-10-13-16-19-24-36(25-20-17-14-11-8-5-2,26-21-18-15-12-9-6-3)31-27-29(28-32(34)35)22-23-30(31)33/h22-23,27,33,36H,4-21,24-26,28H2,1-3H3,(H,34,35). The van der Waals surface area contributed by atoms with Crippen LogP contribution < -0.4 is 5.30 Å². The molecule has 3 nitrogen and oxygen atoms in total. The number of hydrogen-bond donors (Lipinski definition) is 2. The van der Waals surface area contributed by atoms with Crippen LogP contribution >= 0.6 is 7.26 Å². The second kappa shape index (κ2) is 20.9. The van der Waals surface area contributed by atoms with E-state index in [1.807, 2.05) is 6.07 Å². The molecular formula is C32H59O3P. The molecule has 0 aliphatic rings. The minimum absolute atomic E-state index is 0.0445. The summed E-state index contributed by atoms with van der Waals surface area (Å²) >= 11 is 0. The van der Waals surface area contributed by atoms with Gasteiger partial charge in [0.1, 0.15) is 0 Å². The maximum absolute atomic E-state index is 11.5. The van der Waals surface area contributed by atoms with Crippen LogP contribution in [-0.4, -0.2) is 34.7 Å². The number of benzene rings is 1. The number of carbonyl (C=O) groups is 1. The second-order valence-corrected chi connectivity index (χ2v) is 15.9. The molecule has 210 valence electrons. The number of phenolic OH excluding ortho intramolecular Hbond substituents is 1. The van der Waals surface area contributed by atoms with Gasteiger partial charge in [0.15, 0.2) is 0 Å². The number of aliphatic carboxylic acids is 1. The Morgan fingerprint density at radius 2 is 1.03 bits per heavy atom. The van der Waals surface area contributed by atoms with Crippen molar-refractivity contribution in [2.75, 3.05) is 18.5 Å². The average molecular weight is 523 g/mol. The van der Waals surface area contributed by atoms with E-state index in [-0.39, 0.29) is 6.42 Å². The Balaban J connectivity index is 3.09. The third kappa shape index (κ3) is 14.0. The monoisotopic (exact) mass is 522 g/mol. The van der Waals surface area contributed by atoms with Crippen LogP contribution in [0.5, 0.6) is 5.75 Å². The SMILES string of the molecule is CCCCCCCC[PH](CCCCCCCC)(CCCCCCCC)c1cc(CC(=O)O)ccc1O. The number of unbranched alkanes of at least 4 members (excludes halogenated alkanes) is 15. The Bertz CT molecular complexity index is 647. The van der Waals surface area contributed by atoms with Crippen molar-refractivity contribution in [2.24, 2.45) is 0 Å². The number of carboxylic acid groups (broad SMARTS) is 1. The number of rotatable bonds is 24. The summed E-state index contributed by atoms with van der Waals surface area (Å²) in [6, 6.07) is 5.70. The Hall–Kier alpha value is -1.08. The molecule has 1 rings (SSSR count). The van der Waals surface area contributed by atoms with E-state index in [9.17, 15) is 15.0 Å². The third-order valence-electron chi connectivity index (χ3n) is 8.01. The van der Waals surface area contributed by atoms with Crippen LogP contribution in [0.15, 0.2) is 18.2 Å². The van der Waals surface area contributed by atoms with Gasteiger partial charge in [-0.2, -0.15) is 0 Å². The van der Waals surface area contributed by atoms with Crippen molar-refractivity contribution in [1.82, 2.24) is 0 Å². The summed E-state index contributed by atoms with van der Waals surface area (Å²) < 4.78 is 0. The summed E-state index contributed by atoms with van der Waals surface area (Å²) in [6.07, 6.45) is 27.2. The van der Waals surface area contributed by atoms with Gasteiger partial charge in [-0.05, 0) is 0 Å². The first-order valence-corrected chi connectivity index (χ1v) is 18.1. The van der Waals surface area contributed by atoms with E-state index in [0.717, 1.165) is 10.9 Å². The summed E-state index contributed by atoms with van der Waals surface area (Å²) in [4.78, 5) is 11.5. The molecule has 0 bridgehead atoms. The van der Waals surface area contributed by atoms with Gasteiger partial charge in [0.2, 0.25) is 0 Å². The van der Waals surface area contributed by atoms with Gasteiger partial charge >= 0.3 is 224 Å². The molecule has 0 unspecified atom stereocenters. The van der Waals surface area contributed by atoms with Crippen LogP contribution in [-0.2, 0) is 11.2 Å². The molecule has 2 N–H and O–H groups in total. The van der Waals surface area contributed by atoms with Crippen molar-refractivity contribution in [2.45, 2.75) is 143 Å². The fourth-order valence-electron chi connectivity index (χ4n) is 5.80. The molecule has 4 heteroatoms. The van der Waals surface area contributed by atoms with E-state index in [1.54, 1.807) is 6.07 Å². The van der Waals surface area contributed by atoms with Crippen LogP contribution in [0, 0.1) is 0 Å². The molecule has 0 heterocycles. The molecule has 0 fully saturated rings. The molecule has 0 aliphatic carbocycles. The zero-order valence-electron chi connectivity index (χ0n) is 24.1. The van der Waals surface area contributed by atoms with Crippen molar-refractivity contribution >= 4 is 18.5 Å². The van der Waals surface area contributed by atoms with Crippen LogP contribution in [0.1, 0.15) is 142 Å². The van der Waals surface area contributed by atoms with Crippen LogP contribution in [0.4, 0.5) is 0 Å². The molecule has 0 spiro atoms. The molecule has 0 amide bonds. The van der Waals surface area contributed by atoms with Gasteiger partial charge in [-0.3, -0.25) is 0 Å². The van der Waals surface area contributed by atoms with Gasteiger partial charge in [-0.15, -0.1) is 0 Å². The van der Waals surface area contributed by atoms with Crippen molar-refractivity contribution in [3.8, 4) is 5.75 Å². The molecule has 0 aliphatic heterocycles. The molecule has 1 aromatic rings. The summed E-state index contributed by atoms with van der Waals surface area (Å²) in [7, 11) is -1.95. The first-order chi connectivity index (χ1) is 17.5. The fraction of sp³-hybridized carbons (Fsp3) is 0.781.